The highest BCUT2D eigenvalue weighted by molar-refractivity contribution is 4.94. The quantitative estimate of drug-likeness (QED) is 0.805. The molecule has 1 heterocycles. The average molecular weight is 269 g/mol. The third kappa shape index (κ3) is 3.93. The summed E-state index contributed by atoms with van der Waals surface area (Å²) in [7, 11) is 1.84. The lowest BCUT2D eigenvalue weighted by molar-refractivity contribution is -0.0684. The number of methoxy groups -OCH3 is 1. The summed E-state index contributed by atoms with van der Waals surface area (Å²) < 4.78 is 11.5. The van der Waals surface area contributed by atoms with Crippen LogP contribution in [0, 0.1) is 5.92 Å². The van der Waals surface area contributed by atoms with Crippen molar-refractivity contribution >= 4 is 0 Å². The van der Waals surface area contributed by atoms with Gasteiger partial charge in [-0.15, -0.1) is 0 Å². The van der Waals surface area contributed by atoms with E-state index >= 15 is 0 Å². The van der Waals surface area contributed by atoms with Crippen molar-refractivity contribution in [3.63, 3.8) is 0 Å². The zero-order chi connectivity index (χ0) is 13.7. The Labute approximate surface area is 118 Å². The van der Waals surface area contributed by atoms with Crippen LogP contribution in [0.1, 0.15) is 64.7 Å². The van der Waals surface area contributed by atoms with E-state index in [-0.39, 0.29) is 11.6 Å². The van der Waals surface area contributed by atoms with Gasteiger partial charge in [0.15, 0.2) is 0 Å². The molecule has 0 aromatic heterocycles. The Morgan fingerprint density at radius 2 is 2.05 bits per heavy atom. The highest BCUT2D eigenvalue weighted by Gasteiger charge is 2.39. The van der Waals surface area contributed by atoms with Gasteiger partial charge in [0.05, 0.1) is 11.7 Å². The minimum Gasteiger partial charge on any atom is -0.378 e. The molecule has 2 rings (SSSR count). The zero-order valence-corrected chi connectivity index (χ0v) is 12.7. The fourth-order valence-electron chi connectivity index (χ4n) is 3.68. The minimum atomic E-state index is -0.0525. The lowest BCUT2D eigenvalue weighted by Crippen LogP contribution is -2.51. The van der Waals surface area contributed by atoms with Crippen molar-refractivity contribution in [2.24, 2.45) is 11.7 Å². The van der Waals surface area contributed by atoms with Crippen LogP contribution in [0.2, 0.25) is 0 Å². The number of hydrogen-bond acceptors (Lipinski definition) is 3. The molecule has 1 saturated heterocycles. The van der Waals surface area contributed by atoms with Crippen LogP contribution in [0.25, 0.3) is 0 Å². The molecule has 2 unspecified atom stereocenters. The van der Waals surface area contributed by atoms with Crippen LogP contribution in [-0.2, 0) is 9.47 Å². The Morgan fingerprint density at radius 1 is 1.32 bits per heavy atom. The Bertz CT molecular complexity index is 255. The highest BCUT2D eigenvalue weighted by Crippen LogP contribution is 2.37. The summed E-state index contributed by atoms with van der Waals surface area (Å²) in [5.74, 6) is 0.836. The summed E-state index contributed by atoms with van der Waals surface area (Å²) in [5.41, 5.74) is 6.41. The van der Waals surface area contributed by atoms with Gasteiger partial charge in [0.25, 0.3) is 0 Å². The molecule has 0 amide bonds. The van der Waals surface area contributed by atoms with Crippen LogP contribution in [0.15, 0.2) is 0 Å². The molecule has 2 fully saturated rings. The fraction of sp³-hybridized carbons (Fsp3) is 1.00. The molecular weight excluding hydrogens is 238 g/mol. The first-order valence-corrected chi connectivity index (χ1v) is 8.08. The van der Waals surface area contributed by atoms with Gasteiger partial charge in [-0.05, 0) is 63.7 Å². The number of rotatable bonds is 6. The van der Waals surface area contributed by atoms with Crippen LogP contribution in [0.3, 0.4) is 0 Å². The average Bonchev–Trinajstić information content (AvgIpc) is 2.93. The van der Waals surface area contributed by atoms with Crippen molar-refractivity contribution in [2.75, 3.05) is 13.7 Å². The van der Waals surface area contributed by atoms with Gasteiger partial charge in [-0.3, -0.25) is 0 Å². The van der Waals surface area contributed by atoms with Crippen molar-refractivity contribution in [3.05, 3.63) is 0 Å². The van der Waals surface area contributed by atoms with Gasteiger partial charge in [0, 0.05) is 19.8 Å². The van der Waals surface area contributed by atoms with Gasteiger partial charge in [-0.1, -0.05) is 6.92 Å². The second-order valence-corrected chi connectivity index (χ2v) is 6.62. The van der Waals surface area contributed by atoms with Crippen LogP contribution >= 0.6 is 0 Å². The lowest BCUT2D eigenvalue weighted by Gasteiger charge is -2.42. The predicted octanol–water partition coefficient (Wildman–Crippen LogP) is 3.26. The van der Waals surface area contributed by atoms with Crippen LogP contribution in [-0.4, -0.2) is 31.5 Å². The molecule has 1 saturated carbocycles. The van der Waals surface area contributed by atoms with Crippen molar-refractivity contribution < 1.29 is 9.47 Å². The Morgan fingerprint density at radius 3 is 2.63 bits per heavy atom. The molecule has 0 bridgehead atoms. The second kappa shape index (κ2) is 7.05. The summed E-state index contributed by atoms with van der Waals surface area (Å²) in [4.78, 5) is 0. The fourth-order valence-corrected chi connectivity index (χ4v) is 3.68. The molecule has 2 N–H and O–H groups in total. The predicted molar refractivity (Wildman–Crippen MR) is 78.2 cm³/mol. The van der Waals surface area contributed by atoms with E-state index in [0.29, 0.717) is 6.10 Å². The Kier molecular flexibility index (Phi) is 5.67. The molecule has 0 radical (unpaired) electrons. The standard InChI is InChI=1S/C16H31NO2/c1-13-8-10-16(18-2,11-9-13)15(17)7-3-5-14-6-4-12-19-14/h13-15H,3-12,17H2,1-2H3. The van der Waals surface area contributed by atoms with Gasteiger partial charge in [-0.25, -0.2) is 0 Å². The van der Waals surface area contributed by atoms with Gasteiger partial charge >= 0.3 is 0 Å². The lowest BCUT2D eigenvalue weighted by atomic mass is 9.74. The molecule has 19 heavy (non-hydrogen) atoms. The Balaban J connectivity index is 1.74. The van der Waals surface area contributed by atoms with Crippen molar-refractivity contribution in [2.45, 2.75) is 82.5 Å². The molecule has 3 heteroatoms. The van der Waals surface area contributed by atoms with Crippen LogP contribution in [0.5, 0.6) is 0 Å². The summed E-state index contributed by atoms with van der Waals surface area (Å²) in [6, 6.07) is 0.186. The normalized spacial score (nSPS) is 37.4. The Hall–Kier alpha value is -0.120. The third-order valence-electron chi connectivity index (χ3n) is 5.27. The first kappa shape index (κ1) is 15.3. The molecule has 0 aromatic rings. The largest absolute Gasteiger partial charge is 0.378 e. The van der Waals surface area contributed by atoms with E-state index in [0.717, 1.165) is 31.8 Å². The molecule has 112 valence electrons. The highest BCUT2D eigenvalue weighted by atomic mass is 16.5. The molecule has 2 aliphatic rings. The van der Waals surface area contributed by atoms with Crippen LogP contribution < -0.4 is 5.73 Å². The zero-order valence-electron chi connectivity index (χ0n) is 12.7. The molecular formula is C16H31NO2. The number of hydrogen-bond donors (Lipinski definition) is 1. The van der Waals surface area contributed by atoms with E-state index in [2.05, 4.69) is 6.92 Å². The molecule has 2 atom stereocenters. The minimum absolute atomic E-state index is 0.0525. The molecule has 0 aromatic carbocycles. The van der Waals surface area contributed by atoms with Gasteiger partial charge < -0.3 is 15.2 Å². The summed E-state index contributed by atoms with van der Waals surface area (Å²) >= 11 is 0. The van der Waals surface area contributed by atoms with Crippen molar-refractivity contribution in [1.82, 2.24) is 0 Å². The van der Waals surface area contributed by atoms with Crippen LogP contribution in [0.4, 0.5) is 0 Å². The van der Waals surface area contributed by atoms with E-state index in [1.54, 1.807) is 0 Å². The van der Waals surface area contributed by atoms with Crippen molar-refractivity contribution in [3.8, 4) is 0 Å². The maximum atomic E-state index is 6.46. The summed E-state index contributed by atoms with van der Waals surface area (Å²) in [5, 5.41) is 0. The molecule has 0 spiro atoms. The van der Waals surface area contributed by atoms with E-state index in [1.165, 1.54) is 38.5 Å². The maximum absolute atomic E-state index is 6.46. The maximum Gasteiger partial charge on any atom is 0.0829 e. The topological polar surface area (TPSA) is 44.5 Å². The molecule has 1 aliphatic heterocycles. The first-order valence-electron chi connectivity index (χ1n) is 8.08. The number of nitrogens with two attached hydrogens (primary N) is 1. The van der Waals surface area contributed by atoms with E-state index in [1.807, 2.05) is 7.11 Å². The van der Waals surface area contributed by atoms with Gasteiger partial charge in [0.2, 0.25) is 0 Å². The van der Waals surface area contributed by atoms with E-state index < -0.39 is 0 Å². The SMILES string of the molecule is COC1(C(N)CCCC2CCCO2)CCC(C)CC1. The third-order valence-corrected chi connectivity index (χ3v) is 5.27. The van der Waals surface area contributed by atoms with E-state index in [9.17, 15) is 0 Å². The smallest absolute Gasteiger partial charge is 0.0829 e. The summed E-state index contributed by atoms with van der Waals surface area (Å²) in [6.45, 7) is 3.29. The molecule has 1 aliphatic carbocycles. The monoisotopic (exact) mass is 269 g/mol. The van der Waals surface area contributed by atoms with Gasteiger partial charge in [0.1, 0.15) is 0 Å². The van der Waals surface area contributed by atoms with Crippen molar-refractivity contribution in [1.29, 1.82) is 0 Å². The first-order chi connectivity index (χ1) is 9.16. The number of ether oxygens (including phenoxy) is 2. The van der Waals surface area contributed by atoms with E-state index in [4.69, 9.17) is 15.2 Å². The van der Waals surface area contributed by atoms with Gasteiger partial charge in [-0.2, -0.15) is 0 Å². The molecule has 3 nitrogen and oxygen atoms in total. The second-order valence-electron chi connectivity index (χ2n) is 6.62. The summed E-state index contributed by atoms with van der Waals surface area (Å²) in [6.07, 6.45) is 11.2.